The van der Waals surface area contributed by atoms with Gasteiger partial charge in [0.2, 0.25) is 0 Å². The van der Waals surface area contributed by atoms with Crippen molar-refractivity contribution in [1.29, 1.82) is 0 Å². The van der Waals surface area contributed by atoms with Gasteiger partial charge < -0.3 is 15.7 Å². The van der Waals surface area contributed by atoms with Crippen LogP contribution < -0.4 is 5.73 Å². The van der Waals surface area contributed by atoms with E-state index in [0.29, 0.717) is 19.0 Å². The summed E-state index contributed by atoms with van der Waals surface area (Å²) in [5.41, 5.74) is 7.94. The Bertz CT molecular complexity index is 742. The van der Waals surface area contributed by atoms with Gasteiger partial charge in [-0.25, -0.2) is 4.68 Å². The summed E-state index contributed by atoms with van der Waals surface area (Å²) in [6, 6.07) is 7.99. The second-order valence-corrected chi connectivity index (χ2v) is 6.94. The number of amides is 1. The number of nitrogens with zero attached hydrogens (tertiary/aromatic N) is 3. The highest BCUT2D eigenvalue weighted by Gasteiger charge is 2.30. The van der Waals surface area contributed by atoms with Crippen molar-refractivity contribution in [2.75, 3.05) is 13.1 Å². The highest BCUT2D eigenvalue weighted by Crippen LogP contribution is 2.24. The van der Waals surface area contributed by atoms with E-state index in [0.717, 1.165) is 24.9 Å². The molecular weight excluding hydrogens is 352 g/mol. The molecule has 142 valence electrons. The Hall–Kier alpha value is -2.05. The van der Waals surface area contributed by atoms with Gasteiger partial charge in [0.05, 0.1) is 11.9 Å². The first-order valence-corrected chi connectivity index (χ1v) is 8.91. The number of likely N-dealkylation sites (tertiary alicyclic amines) is 1. The van der Waals surface area contributed by atoms with Crippen LogP contribution >= 0.6 is 12.4 Å². The molecule has 2 heterocycles. The lowest BCUT2D eigenvalue weighted by molar-refractivity contribution is 0.0614. The standard InChI is InChI=1S/C19H26N4O2.ClH/c1-13(2)14-6-8-15(9-7-14)23-12-17(24)18(21-23)19(25)22-10-4-3-5-16(22)11-20;/h6-9,12-13,16,24H,3-5,10-11,20H2,1-2H3;1H. The zero-order valence-corrected chi connectivity index (χ0v) is 16.1. The molecule has 1 aromatic heterocycles. The number of carbonyl (C=O) groups is 1. The van der Waals surface area contributed by atoms with Gasteiger partial charge in [0.1, 0.15) is 0 Å². The van der Waals surface area contributed by atoms with E-state index in [1.54, 1.807) is 9.58 Å². The van der Waals surface area contributed by atoms with E-state index >= 15 is 0 Å². The van der Waals surface area contributed by atoms with E-state index in [-0.39, 0.29) is 35.8 Å². The van der Waals surface area contributed by atoms with E-state index in [9.17, 15) is 9.90 Å². The number of hydrogen-bond donors (Lipinski definition) is 2. The van der Waals surface area contributed by atoms with Gasteiger partial charge in [0.15, 0.2) is 11.4 Å². The van der Waals surface area contributed by atoms with Gasteiger partial charge in [-0.1, -0.05) is 26.0 Å². The molecule has 0 bridgehead atoms. The van der Waals surface area contributed by atoms with Gasteiger partial charge in [-0.15, -0.1) is 12.4 Å². The quantitative estimate of drug-likeness (QED) is 0.856. The molecule has 1 saturated heterocycles. The molecule has 2 aromatic rings. The summed E-state index contributed by atoms with van der Waals surface area (Å²) >= 11 is 0. The summed E-state index contributed by atoms with van der Waals surface area (Å²) in [6.07, 6.45) is 4.42. The predicted octanol–water partition coefficient (Wildman–Crippen LogP) is 3.08. The minimum Gasteiger partial charge on any atom is -0.504 e. The van der Waals surface area contributed by atoms with Crippen LogP contribution in [0.15, 0.2) is 30.5 Å². The number of aromatic hydroxyl groups is 1. The summed E-state index contributed by atoms with van der Waals surface area (Å²) in [5, 5.41) is 14.6. The number of aromatic nitrogens is 2. The van der Waals surface area contributed by atoms with Crippen molar-refractivity contribution in [1.82, 2.24) is 14.7 Å². The first-order valence-electron chi connectivity index (χ1n) is 8.91. The number of nitrogens with two attached hydrogens (primary N) is 1. The van der Waals surface area contributed by atoms with Crippen LogP contribution in [0.4, 0.5) is 0 Å². The molecule has 1 atom stereocenters. The van der Waals surface area contributed by atoms with Crippen LogP contribution in [0.2, 0.25) is 0 Å². The fourth-order valence-corrected chi connectivity index (χ4v) is 3.31. The monoisotopic (exact) mass is 378 g/mol. The summed E-state index contributed by atoms with van der Waals surface area (Å²) in [5.74, 6) is 0.106. The fourth-order valence-electron chi connectivity index (χ4n) is 3.31. The molecule has 1 fully saturated rings. The lowest BCUT2D eigenvalue weighted by atomic mass is 10.0. The Balaban J connectivity index is 0.00000243. The fraction of sp³-hybridized carbons (Fsp3) is 0.474. The maximum atomic E-state index is 12.8. The molecule has 7 heteroatoms. The summed E-state index contributed by atoms with van der Waals surface area (Å²) < 4.78 is 1.55. The number of rotatable bonds is 4. The zero-order valence-electron chi connectivity index (χ0n) is 15.3. The molecule has 0 spiro atoms. The Morgan fingerprint density at radius 1 is 1.31 bits per heavy atom. The van der Waals surface area contributed by atoms with E-state index < -0.39 is 0 Å². The summed E-state index contributed by atoms with van der Waals surface area (Å²) in [6.45, 7) is 5.37. The molecule has 3 rings (SSSR count). The predicted molar refractivity (Wildman–Crippen MR) is 104 cm³/mol. The molecule has 1 aliphatic rings. The summed E-state index contributed by atoms with van der Waals surface area (Å²) in [4.78, 5) is 14.6. The van der Waals surface area contributed by atoms with Crippen molar-refractivity contribution in [3.8, 4) is 11.4 Å². The Kier molecular flexibility index (Phi) is 6.67. The maximum Gasteiger partial charge on any atom is 0.278 e. The van der Waals surface area contributed by atoms with E-state index in [2.05, 4.69) is 18.9 Å². The van der Waals surface area contributed by atoms with Crippen LogP contribution in [0.1, 0.15) is 55.1 Å². The van der Waals surface area contributed by atoms with Crippen molar-refractivity contribution in [3.63, 3.8) is 0 Å². The first kappa shape index (κ1) is 20.3. The smallest absolute Gasteiger partial charge is 0.278 e. The van der Waals surface area contributed by atoms with Crippen LogP contribution in [0, 0.1) is 0 Å². The Morgan fingerprint density at radius 3 is 2.62 bits per heavy atom. The van der Waals surface area contributed by atoms with E-state index in [1.165, 1.54) is 11.8 Å². The molecule has 0 saturated carbocycles. The van der Waals surface area contributed by atoms with Gasteiger partial charge in [-0.2, -0.15) is 5.10 Å². The molecule has 1 amide bonds. The second kappa shape index (κ2) is 8.56. The molecule has 1 unspecified atom stereocenters. The number of hydrogen-bond acceptors (Lipinski definition) is 4. The van der Waals surface area contributed by atoms with Crippen molar-refractivity contribution < 1.29 is 9.90 Å². The molecule has 0 radical (unpaired) electrons. The average Bonchev–Trinajstić information content (AvgIpc) is 3.03. The van der Waals surface area contributed by atoms with Gasteiger partial charge in [-0.3, -0.25) is 4.79 Å². The number of carbonyl (C=O) groups excluding carboxylic acids is 1. The van der Waals surface area contributed by atoms with Crippen LogP contribution in [0.3, 0.4) is 0 Å². The highest BCUT2D eigenvalue weighted by atomic mass is 35.5. The van der Waals surface area contributed by atoms with Crippen LogP contribution in [-0.2, 0) is 0 Å². The molecule has 1 aliphatic heterocycles. The third-order valence-corrected chi connectivity index (χ3v) is 4.88. The third kappa shape index (κ3) is 4.02. The average molecular weight is 379 g/mol. The van der Waals surface area contributed by atoms with Gasteiger partial charge in [0.25, 0.3) is 5.91 Å². The van der Waals surface area contributed by atoms with Crippen LogP contribution in [0.25, 0.3) is 5.69 Å². The van der Waals surface area contributed by atoms with Gasteiger partial charge >= 0.3 is 0 Å². The largest absolute Gasteiger partial charge is 0.504 e. The van der Waals surface area contributed by atoms with E-state index in [1.807, 2.05) is 24.3 Å². The molecule has 1 aromatic carbocycles. The SMILES string of the molecule is CC(C)c1ccc(-n2cc(O)c(C(=O)N3CCCCC3CN)n2)cc1.Cl. The first-order chi connectivity index (χ1) is 12.0. The number of halogens is 1. The van der Waals surface area contributed by atoms with Crippen molar-refractivity contribution in [2.24, 2.45) is 5.73 Å². The molecule has 26 heavy (non-hydrogen) atoms. The molecule has 3 N–H and O–H groups in total. The second-order valence-electron chi connectivity index (χ2n) is 6.94. The Labute approximate surface area is 160 Å². The molecule has 0 aliphatic carbocycles. The molecular formula is C19H27ClN4O2. The number of benzene rings is 1. The number of piperidine rings is 1. The zero-order chi connectivity index (χ0) is 18.0. The topological polar surface area (TPSA) is 84.4 Å². The van der Waals surface area contributed by atoms with Crippen LogP contribution in [0.5, 0.6) is 5.75 Å². The van der Waals surface area contributed by atoms with Crippen LogP contribution in [-0.4, -0.2) is 44.8 Å². The van der Waals surface area contributed by atoms with Crippen molar-refractivity contribution >= 4 is 18.3 Å². The maximum absolute atomic E-state index is 12.8. The normalized spacial score (nSPS) is 17.2. The van der Waals surface area contributed by atoms with E-state index in [4.69, 9.17) is 5.73 Å². The van der Waals surface area contributed by atoms with Gasteiger partial charge in [0, 0.05) is 19.1 Å². The van der Waals surface area contributed by atoms with Gasteiger partial charge in [-0.05, 0) is 42.9 Å². The van der Waals surface area contributed by atoms with Crippen molar-refractivity contribution in [3.05, 3.63) is 41.7 Å². The van der Waals surface area contributed by atoms with Crippen molar-refractivity contribution in [2.45, 2.75) is 45.1 Å². The highest BCUT2D eigenvalue weighted by molar-refractivity contribution is 5.95. The lowest BCUT2D eigenvalue weighted by Gasteiger charge is -2.34. The third-order valence-electron chi connectivity index (χ3n) is 4.88. The Morgan fingerprint density at radius 2 is 2.00 bits per heavy atom. The minimum absolute atomic E-state index is 0. The lowest BCUT2D eigenvalue weighted by Crippen LogP contribution is -2.47. The minimum atomic E-state index is -0.245. The molecule has 6 nitrogen and oxygen atoms in total. The summed E-state index contributed by atoms with van der Waals surface area (Å²) in [7, 11) is 0.